The fraction of sp³-hybridized carbons (Fsp3) is 0.778. The number of ketones is 1. The Morgan fingerprint density at radius 1 is 1.15 bits per heavy atom. The molecule has 2 fully saturated rings. The van der Waals surface area contributed by atoms with Crippen LogP contribution >= 0.6 is 0 Å². The number of amides is 1. The van der Waals surface area contributed by atoms with Gasteiger partial charge < -0.3 is 10.1 Å². The van der Waals surface area contributed by atoms with Crippen LogP contribution in [0.1, 0.15) is 32.1 Å². The molecule has 0 aromatic heterocycles. The minimum Gasteiger partial charge on any atom is -0.443 e. The molecular formula is C9H13NO3. The number of carbonyl (C=O) groups is 2. The zero-order valence-electron chi connectivity index (χ0n) is 7.47. The van der Waals surface area contributed by atoms with Gasteiger partial charge in [-0.05, 0) is 12.8 Å². The lowest BCUT2D eigenvalue weighted by molar-refractivity contribution is -0.126. The lowest BCUT2D eigenvalue weighted by atomic mass is 9.81. The van der Waals surface area contributed by atoms with Crippen molar-refractivity contribution in [1.29, 1.82) is 0 Å². The largest absolute Gasteiger partial charge is 0.443 e. The zero-order chi connectivity index (χ0) is 9.31. The lowest BCUT2D eigenvalue weighted by Crippen LogP contribution is -2.49. The van der Waals surface area contributed by atoms with Crippen molar-refractivity contribution in [3.63, 3.8) is 0 Å². The molecule has 1 spiro atoms. The van der Waals surface area contributed by atoms with E-state index in [9.17, 15) is 9.59 Å². The van der Waals surface area contributed by atoms with Crippen molar-refractivity contribution < 1.29 is 14.3 Å². The van der Waals surface area contributed by atoms with Crippen molar-refractivity contribution in [3.05, 3.63) is 0 Å². The molecule has 1 saturated carbocycles. The van der Waals surface area contributed by atoms with Crippen LogP contribution in [0.15, 0.2) is 0 Å². The lowest BCUT2D eigenvalue weighted by Gasteiger charge is -2.39. The maximum Gasteiger partial charge on any atom is 0.407 e. The second kappa shape index (κ2) is 3.01. The predicted molar refractivity (Wildman–Crippen MR) is 45.3 cm³/mol. The Morgan fingerprint density at radius 2 is 1.85 bits per heavy atom. The summed E-state index contributed by atoms with van der Waals surface area (Å²) in [6, 6.07) is 0. The highest BCUT2D eigenvalue weighted by Crippen LogP contribution is 2.34. The van der Waals surface area contributed by atoms with Crippen LogP contribution in [0, 0.1) is 0 Å². The number of hydrogen-bond acceptors (Lipinski definition) is 3. The van der Waals surface area contributed by atoms with Crippen LogP contribution in [0.25, 0.3) is 0 Å². The monoisotopic (exact) mass is 183 g/mol. The summed E-state index contributed by atoms with van der Waals surface area (Å²) in [7, 11) is 0. The van der Waals surface area contributed by atoms with Crippen molar-refractivity contribution in [2.45, 2.75) is 37.7 Å². The third-order valence-corrected chi connectivity index (χ3v) is 2.88. The van der Waals surface area contributed by atoms with Gasteiger partial charge in [-0.3, -0.25) is 4.79 Å². The first-order valence-electron chi connectivity index (χ1n) is 4.69. The van der Waals surface area contributed by atoms with Crippen molar-refractivity contribution in [2.75, 3.05) is 6.54 Å². The first kappa shape index (κ1) is 8.53. The van der Waals surface area contributed by atoms with Crippen LogP contribution in [0.4, 0.5) is 4.79 Å². The van der Waals surface area contributed by atoms with Crippen LogP contribution in [0.5, 0.6) is 0 Å². The molecule has 0 aromatic rings. The van der Waals surface area contributed by atoms with E-state index in [0.717, 1.165) is 6.42 Å². The zero-order valence-corrected chi connectivity index (χ0v) is 7.47. The van der Waals surface area contributed by atoms with Gasteiger partial charge in [-0.2, -0.15) is 0 Å². The molecule has 4 heteroatoms. The maximum absolute atomic E-state index is 11.0. The molecule has 1 aliphatic carbocycles. The summed E-state index contributed by atoms with van der Waals surface area (Å²) >= 11 is 0. The Hall–Kier alpha value is -1.06. The van der Waals surface area contributed by atoms with Gasteiger partial charge >= 0.3 is 6.09 Å². The number of nitrogens with one attached hydrogen (secondary N) is 1. The van der Waals surface area contributed by atoms with Crippen LogP contribution < -0.4 is 5.32 Å². The Morgan fingerprint density at radius 3 is 2.46 bits per heavy atom. The SMILES string of the molecule is O=C1CCC2(CCNC(=O)O2)CC1. The number of ether oxygens (including phenoxy) is 1. The molecule has 1 saturated heterocycles. The second-order valence-corrected chi connectivity index (χ2v) is 3.79. The Kier molecular flexibility index (Phi) is 1.98. The Balaban J connectivity index is 2.03. The highest BCUT2D eigenvalue weighted by Gasteiger charge is 2.40. The molecule has 2 aliphatic rings. The van der Waals surface area contributed by atoms with Gasteiger partial charge in [0, 0.05) is 25.8 Å². The fourth-order valence-electron chi connectivity index (χ4n) is 2.01. The predicted octanol–water partition coefficient (Wildman–Crippen LogP) is 0.998. The molecule has 1 heterocycles. The fourth-order valence-corrected chi connectivity index (χ4v) is 2.01. The average molecular weight is 183 g/mol. The number of hydrogen-bond donors (Lipinski definition) is 1. The van der Waals surface area contributed by atoms with Gasteiger partial charge in [-0.15, -0.1) is 0 Å². The molecule has 0 aromatic carbocycles. The van der Waals surface area contributed by atoms with E-state index in [4.69, 9.17) is 4.74 Å². The van der Waals surface area contributed by atoms with Gasteiger partial charge in [-0.1, -0.05) is 0 Å². The normalized spacial score (nSPS) is 26.8. The van der Waals surface area contributed by atoms with Gasteiger partial charge in [0.15, 0.2) is 0 Å². The molecule has 0 bridgehead atoms. The molecule has 72 valence electrons. The van der Waals surface area contributed by atoms with Crippen molar-refractivity contribution in [2.24, 2.45) is 0 Å². The van der Waals surface area contributed by atoms with Crippen molar-refractivity contribution in [3.8, 4) is 0 Å². The van der Waals surface area contributed by atoms with Crippen LogP contribution in [-0.2, 0) is 9.53 Å². The third kappa shape index (κ3) is 1.66. The van der Waals surface area contributed by atoms with Crippen molar-refractivity contribution in [1.82, 2.24) is 5.32 Å². The first-order chi connectivity index (χ1) is 6.20. The highest BCUT2D eigenvalue weighted by molar-refractivity contribution is 5.79. The van der Waals surface area contributed by atoms with E-state index in [1.165, 1.54) is 0 Å². The molecule has 0 unspecified atom stereocenters. The number of Topliss-reactive ketones (excluding diaryl/α,β-unsaturated/α-hetero) is 1. The molecule has 0 atom stereocenters. The van der Waals surface area contributed by atoms with E-state index in [1.54, 1.807) is 0 Å². The first-order valence-corrected chi connectivity index (χ1v) is 4.69. The van der Waals surface area contributed by atoms with Gasteiger partial charge in [-0.25, -0.2) is 4.79 Å². The smallest absolute Gasteiger partial charge is 0.407 e. The van der Waals surface area contributed by atoms with E-state index < -0.39 is 0 Å². The van der Waals surface area contributed by atoms with E-state index in [2.05, 4.69) is 5.32 Å². The van der Waals surface area contributed by atoms with Gasteiger partial charge in [0.2, 0.25) is 0 Å². The van der Waals surface area contributed by atoms with E-state index in [1.807, 2.05) is 0 Å². The second-order valence-electron chi connectivity index (χ2n) is 3.79. The summed E-state index contributed by atoms with van der Waals surface area (Å²) in [6.45, 7) is 0.674. The Bertz CT molecular complexity index is 239. The quantitative estimate of drug-likeness (QED) is 0.609. The summed E-state index contributed by atoms with van der Waals surface area (Å²) in [6.07, 6.45) is 3.05. The minimum absolute atomic E-state index is 0.292. The highest BCUT2D eigenvalue weighted by atomic mass is 16.6. The maximum atomic E-state index is 11.0. The van der Waals surface area contributed by atoms with Gasteiger partial charge in [0.1, 0.15) is 11.4 Å². The number of carbonyl (C=O) groups excluding carboxylic acids is 2. The average Bonchev–Trinajstić information content (AvgIpc) is 2.11. The van der Waals surface area contributed by atoms with Crippen LogP contribution in [0.3, 0.4) is 0 Å². The molecule has 2 rings (SSSR count). The third-order valence-electron chi connectivity index (χ3n) is 2.88. The summed E-state index contributed by atoms with van der Waals surface area (Å²) < 4.78 is 5.26. The van der Waals surface area contributed by atoms with Crippen LogP contribution in [0.2, 0.25) is 0 Å². The Labute approximate surface area is 76.6 Å². The molecular weight excluding hydrogens is 170 g/mol. The molecule has 1 aliphatic heterocycles. The van der Waals surface area contributed by atoms with E-state index in [0.29, 0.717) is 38.0 Å². The number of alkyl carbamates (subject to hydrolysis) is 1. The molecule has 13 heavy (non-hydrogen) atoms. The van der Waals surface area contributed by atoms with E-state index in [-0.39, 0.29) is 11.7 Å². The van der Waals surface area contributed by atoms with E-state index >= 15 is 0 Å². The summed E-state index contributed by atoms with van der Waals surface area (Å²) in [5, 5.41) is 2.62. The number of rotatable bonds is 0. The summed E-state index contributed by atoms with van der Waals surface area (Å²) in [5.41, 5.74) is -0.323. The van der Waals surface area contributed by atoms with Crippen LogP contribution in [-0.4, -0.2) is 24.0 Å². The molecule has 1 N–H and O–H groups in total. The van der Waals surface area contributed by atoms with Crippen molar-refractivity contribution >= 4 is 11.9 Å². The molecule has 1 amide bonds. The van der Waals surface area contributed by atoms with Gasteiger partial charge in [0.05, 0.1) is 0 Å². The molecule has 4 nitrogen and oxygen atoms in total. The summed E-state index contributed by atoms with van der Waals surface area (Å²) in [4.78, 5) is 22.0. The van der Waals surface area contributed by atoms with Gasteiger partial charge in [0.25, 0.3) is 0 Å². The topological polar surface area (TPSA) is 55.4 Å². The standard InChI is InChI=1S/C9H13NO3/c11-7-1-3-9(4-2-7)5-6-10-8(12)13-9/h1-6H2,(H,10,12). The minimum atomic E-state index is -0.333. The molecule has 0 radical (unpaired) electrons. The summed E-state index contributed by atoms with van der Waals surface area (Å²) in [5.74, 6) is 0.292.